The van der Waals surface area contributed by atoms with E-state index in [2.05, 4.69) is 10.3 Å². The van der Waals surface area contributed by atoms with Crippen LogP contribution in [0.4, 0.5) is 5.69 Å². The average Bonchev–Trinajstić information content (AvgIpc) is 2.35. The minimum absolute atomic E-state index is 0.0978. The van der Waals surface area contributed by atoms with Gasteiger partial charge in [0.05, 0.1) is 12.2 Å². The molecule has 2 rings (SSSR count). The van der Waals surface area contributed by atoms with E-state index in [0.717, 1.165) is 17.9 Å². The lowest BCUT2D eigenvalue weighted by atomic mass is 9.97. The van der Waals surface area contributed by atoms with Crippen LogP contribution in [-0.2, 0) is 16.1 Å². The fraction of sp³-hybridized carbons (Fsp3) is 0.500. The molecule has 5 nitrogen and oxygen atoms in total. The van der Waals surface area contributed by atoms with E-state index in [4.69, 9.17) is 0 Å². The summed E-state index contributed by atoms with van der Waals surface area (Å²) in [6.07, 6.45) is 2.58. The van der Waals surface area contributed by atoms with Gasteiger partial charge in [-0.15, -0.1) is 0 Å². The van der Waals surface area contributed by atoms with Gasteiger partial charge in [-0.05, 0) is 25.0 Å². The first-order chi connectivity index (χ1) is 9.10. The highest BCUT2D eigenvalue weighted by Crippen LogP contribution is 2.20. The monoisotopic (exact) mass is 261 g/mol. The molecule has 2 heterocycles. The van der Waals surface area contributed by atoms with Crippen LogP contribution >= 0.6 is 0 Å². The van der Waals surface area contributed by atoms with Gasteiger partial charge in [0.2, 0.25) is 11.8 Å². The van der Waals surface area contributed by atoms with Gasteiger partial charge < -0.3 is 5.32 Å². The molecule has 1 aliphatic rings. The van der Waals surface area contributed by atoms with E-state index in [1.807, 2.05) is 26.0 Å². The van der Waals surface area contributed by atoms with Crippen LogP contribution < -0.4 is 5.32 Å². The number of imide groups is 1. The third-order valence-corrected chi connectivity index (χ3v) is 3.17. The molecule has 19 heavy (non-hydrogen) atoms. The average molecular weight is 261 g/mol. The summed E-state index contributed by atoms with van der Waals surface area (Å²) < 4.78 is 0. The summed E-state index contributed by atoms with van der Waals surface area (Å²) in [7, 11) is 0. The number of nitrogens with zero attached hydrogens (tertiary/aromatic N) is 2. The number of amides is 2. The number of pyridine rings is 1. The van der Waals surface area contributed by atoms with E-state index in [1.54, 1.807) is 6.20 Å². The number of hydrogen-bond donors (Lipinski definition) is 1. The smallest absolute Gasteiger partial charge is 0.229 e. The van der Waals surface area contributed by atoms with Crippen molar-refractivity contribution in [2.45, 2.75) is 33.2 Å². The second kappa shape index (κ2) is 5.82. The van der Waals surface area contributed by atoms with Crippen molar-refractivity contribution in [3.05, 3.63) is 24.0 Å². The molecule has 2 amide bonds. The summed E-state index contributed by atoms with van der Waals surface area (Å²) in [6.45, 7) is 5.03. The first kappa shape index (κ1) is 13.5. The van der Waals surface area contributed by atoms with Crippen LogP contribution in [0.3, 0.4) is 0 Å². The van der Waals surface area contributed by atoms with Gasteiger partial charge in [0, 0.05) is 31.3 Å². The van der Waals surface area contributed by atoms with E-state index < -0.39 is 0 Å². The Morgan fingerprint density at radius 3 is 2.68 bits per heavy atom. The van der Waals surface area contributed by atoms with Gasteiger partial charge >= 0.3 is 0 Å². The molecule has 0 radical (unpaired) electrons. The molecule has 1 fully saturated rings. The van der Waals surface area contributed by atoms with Crippen LogP contribution in [0.15, 0.2) is 18.3 Å². The molecule has 0 atom stereocenters. The van der Waals surface area contributed by atoms with Crippen molar-refractivity contribution in [1.82, 2.24) is 9.88 Å². The molecular weight excluding hydrogens is 242 g/mol. The fourth-order valence-corrected chi connectivity index (χ4v) is 2.24. The lowest BCUT2D eigenvalue weighted by Crippen LogP contribution is -2.42. The molecule has 1 aliphatic heterocycles. The quantitative estimate of drug-likeness (QED) is 0.839. The number of nitrogens with one attached hydrogen (secondary N) is 1. The van der Waals surface area contributed by atoms with Crippen molar-refractivity contribution in [2.75, 3.05) is 11.9 Å². The summed E-state index contributed by atoms with van der Waals surface area (Å²) >= 11 is 0. The minimum Gasteiger partial charge on any atom is -0.385 e. The van der Waals surface area contributed by atoms with Gasteiger partial charge in [0.15, 0.2) is 0 Å². The molecule has 0 spiro atoms. The molecule has 0 bridgehead atoms. The van der Waals surface area contributed by atoms with Crippen LogP contribution in [-0.4, -0.2) is 28.2 Å². The van der Waals surface area contributed by atoms with Crippen LogP contribution in [0.5, 0.6) is 0 Å². The maximum absolute atomic E-state index is 11.9. The van der Waals surface area contributed by atoms with Crippen molar-refractivity contribution in [1.29, 1.82) is 0 Å². The molecule has 1 N–H and O–H groups in total. The van der Waals surface area contributed by atoms with Gasteiger partial charge in [-0.2, -0.15) is 0 Å². The zero-order valence-corrected chi connectivity index (χ0v) is 11.3. The van der Waals surface area contributed by atoms with Crippen LogP contribution in [0, 0.1) is 5.92 Å². The first-order valence-corrected chi connectivity index (χ1v) is 6.62. The molecule has 0 aromatic carbocycles. The molecule has 0 aliphatic carbocycles. The highest BCUT2D eigenvalue weighted by Gasteiger charge is 2.30. The highest BCUT2D eigenvalue weighted by molar-refractivity contribution is 5.97. The summed E-state index contributed by atoms with van der Waals surface area (Å²) in [4.78, 5) is 29.3. The molecule has 1 aromatic heterocycles. The third-order valence-electron chi connectivity index (χ3n) is 3.17. The number of hydrogen-bond acceptors (Lipinski definition) is 4. The molecule has 0 saturated carbocycles. The zero-order valence-electron chi connectivity index (χ0n) is 11.3. The standard InChI is InChI=1S/C14H19N3O2/c1-3-15-11-4-5-16-12(8-11)9-17-13(18)6-10(2)7-14(17)19/h4-5,8,10H,3,6-7,9H2,1-2H3,(H,15,16). The van der Waals surface area contributed by atoms with E-state index in [0.29, 0.717) is 12.8 Å². The van der Waals surface area contributed by atoms with E-state index in [9.17, 15) is 9.59 Å². The van der Waals surface area contributed by atoms with Crippen LogP contribution in [0.25, 0.3) is 0 Å². The Labute approximate surface area is 113 Å². The molecule has 1 aromatic rings. The largest absolute Gasteiger partial charge is 0.385 e. The molecule has 1 saturated heterocycles. The van der Waals surface area contributed by atoms with Gasteiger partial charge in [0.25, 0.3) is 0 Å². The molecule has 0 unspecified atom stereocenters. The Hall–Kier alpha value is -1.91. The van der Waals surface area contributed by atoms with Gasteiger partial charge in [0.1, 0.15) is 0 Å². The number of anilines is 1. The molecule has 5 heteroatoms. The van der Waals surface area contributed by atoms with Gasteiger partial charge in [-0.25, -0.2) is 0 Å². The third kappa shape index (κ3) is 3.30. The Morgan fingerprint density at radius 1 is 1.37 bits per heavy atom. The number of carbonyl (C=O) groups is 2. The fourth-order valence-electron chi connectivity index (χ4n) is 2.24. The Bertz CT molecular complexity index is 469. The van der Waals surface area contributed by atoms with Crippen LogP contribution in [0.2, 0.25) is 0 Å². The maximum atomic E-state index is 11.9. The van der Waals surface area contributed by atoms with Gasteiger partial charge in [-0.3, -0.25) is 19.5 Å². The van der Waals surface area contributed by atoms with E-state index >= 15 is 0 Å². The molecule has 102 valence electrons. The number of likely N-dealkylation sites (tertiary alicyclic amines) is 1. The Morgan fingerprint density at radius 2 is 2.05 bits per heavy atom. The predicted molar refractivity (Wildman–Crippen MR) is 72.4 cm³/mol. The lowest BCUT2D eigenvalue weighted by molar-refractivity contribution is -0.150. The second-order valence-electron chi connectivity index (χ2n) is 4.95. The highest BCUT2D eigenvalue weighted by atomic mass is 16.2. The van der Waals surface area contributed by atoms with Crippen molar-refractivity contribution in [3.63, 3.8) is 0 Å². The minimum atomic E-state index is -0.0978. The van der Waals surface area contributed by atoms with E-state index in [-0.39, 0.29) is 24.3 Å². The number of aromatic nitrogens is 1. The van der Waals surface area contributed by atoms with Crippen molar-refractivity contribution in [3.8, 4) is 0 Å². The predicted octanol–water partition coefficient (Wildman–Crippen LogP) is 1.80. The SMILES string of the molecule is CCNc1ccnc(CN2C(=O)CC(C)CC2=O)c1. The van der Waals surface area contributed by atoms with E-state index in [1.165, 1.54) is 4.90 Å². The van der Waals surface area contributed by atoms with Gasteiger partial charge in [-0.1, -0.05) is 6.92 Å². The summed E-state index contributed by atoms with van der Waals surface area (Å²) in [5.74, 6) is -0.0453. The number of rotatable bonds is 4. The maximum Gasteiger partial charge on any atom is 0.229 e. The molecular formula is C14H19N3O2. The summed E-state index contributed by atoms with van der Waals surface area (Å²) in [5.41, 5.74) is 1.69. The first-order valence-electron chi connectivity index (χ1n) is 6.62. The summed E-state index contributed by atoms with van der Waals surface area (Å²) in [6, 6.07) is 3.75. The topological polar surface area (TPSA) is 62.3 Å². The van der Waals surface area contributed by atoms with Crippen molar-refractivity contribution in [2.24, 2.45) is 5.92 Å². The lowest BCUT2D eigenvalue weighted by Gasteiger charge is -2.28. The Kier molecular flexibility index (Phi) is 4.14. The van der Waals surface area contributed by atoms with Crippen molar-refractivity contribution < 1.29 is 9.59 Å². The number of carbonyl (C=O) groups excluding carboxylic acids is 2. The van der Waals surface area contributed by atoms with Crippen molar-refractivity contribution >= 4 is 17.5 Å². The number of piperidine rings is 1. The van der Waals surface area contributed by atoms with Crippen LogP contribution in [0.1, 0.15) is 32.4 Å². The normalized spacial score (nSPS) is 16.8. The summed E-state index contributed by atoms with van der Waals surface area (Å²) in [5, 5.41) is 3.19. The second-order valence-corrected chi connectivity index (χ2v) is 4.95. The zero-order chi connectivity index (χ0) is 13.8. The Balaban J connectivity index is 2.09.